The highest BCUT2D eigenvalue weighted by atomic mass is 35.5. The second kappa shape index (κ2) is 9.30. The highest BCUT2D eigenvalue weighted by Crippen LogP contribution is 2.30. The largest absolute Gasteiger partial charge is 1.00 e. The summed E-state index contributed by atoms with van der Waals surface area (Å²) in [4.78, 5) is 15.0. The van der Waals surface area contributed by atoms with Crippen molar-refractivity contribution in [2.75, 3.05) is 45.9 Å². The average Bonchev–Trinajstić information content (AvgIpc) is 2.55. The number of nitrogens with one attached hydrogen (secondary N) is 1. The number of benzene rings is 1. The third kappa shape index (κ3) is 4.96. The maximum absolute atomic E-state index is 11.6. The molecule has 0 bridgehead atoms. The van der Waals surface area contributed by atoms with Crippen LogP contribution in [0.25, 0.3) is 0 Å². The molecule has 2 aliphatic rings. The third-order valence-corrected chi connectivity index (χ3v) is 4.11. The first kappa shape index (κ1) is 20.0. The minimum atomic E-state index is 0. The van der Waals surface area contributed by atoms with Crippen molar-refractivity contribution >= 4 is 5.91 Å². The smallest absolute Gasteiger partial charge is 0.366 e. The molecule has 3 rings (SSSR count). The van der Waals surface area contributed by atoms with Crippen molar-refractivity contribution in [3.63, 3.8) is 0 Å². The van der Waals surface area contributed by atoms with Crippen LogP contribution < -0.4 is 44.9 Å². The van der Waals surface area contributed by atoms with E-state index in [1.807, 2.05) is 24.3 Å². The second-order valence-electron chi connectivity index (χ2n) is 5.57. The molecular weight excluding hydrogens is 341 g/mol. The van der Waals surface area contributed by atoms with Crippen LogP contribution >= 0.6 is 0 Å². The first-order chi connectivity index (χ1) is 10.3. The van der Waals surface area contributed by atoms with Crippen molar-refractivity contribution in [2.24, 2.45) is 0 Å². The van der Waals surface area contributed by atoms with Crippen LogP contribution in [0.2, 0.25) is 0 Å². The molecule has 4 N–H and O–H groups in total. The van der Waals surface area contributed by atoms with Gasteiger partial charge in [-0.05, 0) is 12.1 Å². The van der Waals surface area contributed by atoms with Crippen molar-refractivity contribution in [3.05, 3.63) is 24.3 Å². The van der Waals surface area contributed by atoms with Gasteiger partial charge in [-0.2, -0.15) is 0 Å². The number of carbonyl (C=O) groups is 1. The number of ether oxygens (including phenoxy) is 2. The van der Waals surface area contributed by atoms with Crippen molar-refractivity contribution < 1.29 is 49.7 Å². The summed E-state index contributed by atoms with van der Waals surface area (Å²) >= 11 is 0. The number of para-hydroxylation sites is 2. The van der Waals surface area contributed by atoms with E-state index in [-0.39, 0.29) is 36.8 Å². The van der Waals surface area contributed by atoms with E-state index in [1.54, 1.807) is 0 Å². The fraction of sp³-hybridized carbons (Fsp3) is 0.533. The summed E-state index contributed by atoms with van der Waals surface area (Å²) < 4.78 is 11.7. The molecule has 0 spiro atoms. The van der Waals surface area contributed by atoms with Gasteiger partial charge < -0.3 is 40.0 Å². The fourth-order valence-corrected chi connectivity index (χ4v) is 2.90. The summed E-state index contributed by atoms with van der Waals surface area (Å²) in [5.74, 6) is 1.87. The molecule has 6 nitrogen and oxygen atoms in total. The highest BCUT2D eigenvalue weighted by Gasteiger charge is 2.29. The van der Waals surface area contributed by atoms with Crippen molar-refractivity contribution in [1.82, 2.24) is 4.90 Å². The SMILES string of the molecule is [Cl-].[Cl-].[NH3+]CC(=O)[NH+]1CCN(CC2COc3ccccc3O2)CC1. The Hall–Kier alpha value is -1.05. The summed E-state index contributed by atoms with van der Waals surface area (Å²) in [7, 11) is 0. The van der Waals surface area contributed by atoms with Gasteiger partial charge in [0.1, 0.15) is 12.7 Å². The monoisotopic (exact) mass is 363 g/mol. The molecule has 1 saturated heterocycles. The van der Waals surface area contributed by atoms with Crippen LogP contribution in [0, 0.1) is 0 Å². The molecule has 1 amide bonds. The number of amides is 1. The van der Waals surface area contributed by atoms with Crippen LogP contribution in [-0.4, -0.2) is 62.8 Å². The summed E-state index contributed by atoms with van der Waals surface area (Å²) in [5.41, 5.74) is 3.67. The van der Waals surface area contributed by atoms with Crippen LogP contribution in [-0.2, 0) is 4.79 Å². The van der Waals surface area contributed by atoms with Gasteiger partial charge in [-0.25, -0.2) is 4.79 Å². The predicted octanol–water partition coefficient (Wildman–Crippen LogP) is -8.20. The fourth-order valence-electron chi connectivity index (χ4n) is 2.90. The van der Waals surface area contributed by atoms with Gasteiger partial charge in [-0.1, -0.05) is 12.1 Å². The third-order valence-electron chi connectivity index (χ3n) is 4.11. The number of rotatable bonds is 3. The number of fused-ring (bicyclic) bond motifs is 1. The van der Waals surface area contributed by atoms with E-state index in [9.17, 15) is 4.79 Å². The quantitative estimate of drug-likeness (QED) is 0.559. The summed E-state index contributed by atoms with van der Waals surface area (Å²) in [6, 6.07) is 7.77. The van der Waals surface area contributed by atoms with Gasteiger partial charge >= 0.3 is 5.91 Å². The predicted molar refractivity (Wildman–Crippen MR) is 76.3 cm³/mol. The van der Waals surface area contributed by atoms with Gasteiger partial charge in [0.2, 0.25) is 0 Å². The standard InChI is InChI=1S/C15H21N3O3.2ClH/c16-9-15(19)18-7-5-17(6-8-18)10-12-11-20-13-3-1-2-4-14(13)21-12;;/h1-4,12H,5-11,16H2;2*1H. The van der Waals surface area contributed by atoms with Crippen LogP contribution in [0.1, 0.15) is 0 Å². The second-order valence-corrected chi connectivity index (χ2v) is 5.57. The molecule has 1 aromatic rings. The number of carbonyl (C=O) groups excluding carboxylic acids is 1. The molecule has 2 aliphatic heterocycles. The van der Waals surface area contributed by atoms with Crippen molar-refractivity contribution in [2.45, 2.75) is 6.10 Å². The lowest BCUT2D eigenvalue weighted by Crippen LogP contribution is -3.18. The number of piperazine rings is 1. The summed E-state index contributed by atoms with van der Waals surface area (Å²) in [5, 5.41) is 0. The Bertz CT molecular complexity index is 510. The van der Waals surface area contributed by atoms with Crippen LogP contribution in [0.4, 0.5) is 0 Å². The average molecular weight is 364 g/mol. The topological polar surface area (TPSA) is 70.9 Å². The number of hydrogen-bond acceptors (Lipinski definition) is 4. The molecule has 8 heteroatoms. The molecule has 0 saturated carbocycles. The number of quaternary nitrogens is 2. The first-order valence-corrected chi connectivity index (χ1v) is 7.54. The molecule has 0 radical (unpaired) electrons. The lowest BCUT2D eigenvalue weighted by atomic mass is 10.2. The molecule has 23 heavy (non-hydrogen) atoms. The molecule has 1 unspecified atom stereocenters. The van der Waals surface area contributed by atoms with Gasteiger partial charge in [0.15, 0.2) is 18.0 Å². The van der Waals surface area contributed by atoms with Crippen molar-refractivity contribution in [3.8, 4) is 11.5 Å². The van der Waals surface area contributed by atoms with Crippen LogP contribution in [0.5, 0.6) is 11.5 Å². The molecule has 1 atom stereocenters. The summed E-state index contributed by atoms with van der Waals surface area (Å²) in [6.07, 6.45) is 0.0602. The Kier molecular flexibility index (Phi) is 8.08. The van der Waals surface area contributed by atoms with Gasteiger partial charge in [0.25, 0.3) is 0 Å². The van der Waals surface area contributed by atoms with Gasteiger partial charge in [0.05, 0.1) is 13.1 Å². The van der Waals surface area contributed by atoms with E-state index in [2.05, 4.69) is 10.6 Å². The zero-order valence-corrected chi connectivity index (χ0v) is 14.5. The number of nitrogens with zero attached hydrogens (tertiary/aromatic N) is 1. The molecule has 0 aromatic heterocycles. The molecule has 2 heterocycles. The van der Waals surface area contributed by atoms with E-state index < -0.39 is 0 Å². The maximum atomic E-state index is 11.6. The molecule has 130 valence electrons. The Morgan fingerprint density at radius 3 is 2.52 bits per heavy atom. The Labute approximate surface area is 148 Å². The van der Waals surface area contributed by atoms with E-state index >= 15 is 0 Å². The summed E-state index contributed by atoms with van der Waals surface area (Å²) in [6.45, 7) is 5.37. The number of halogens is 2. The lowest BCUT2D eigenvalue weighted by molar-refractivity contribution is -0.829. The van der Waals surface area contributed by atoms with E-state index in [0.717, 1.165) is 49.1 Å². The maximum Gasteiger partial charge on any atom is 0.366 e. The minimum absolute atomic E-state index is 0. The zero-order chi connectivity index (χ0) is 14.7. The Balaban J connectivity index is 0.00000132. The highest BCUT2D eigenvalue weighted by molar-refractivity contribution is 5.67. The molecule has 0 aliphatic carbocycles. The van der Waals surface area contributed by atoms with Gasteiger partial charge in [-0.3, -0.25) is 9.80 Å². The molecule has 1 aromatic carbocycles. The van der Waals surface area contributed by atoms with Crippen LogP contribution in [0.15, 0.2) is 24.3 Å². The van der Waals surface area contributed by atoms with E-state index in [1.165, 1.54) is 0 Å². The van der Waals surface area contributed by atoms with Gasteiger partial charge in [-0.15, -0.1) is 0 Å². The normalized spacial score (nSPS) is 21.0. The molecule has 1 fully saturated rings. The molecular formula is C15H23Cl2N3O3. The van der Waals surface area contributed by atoms with E-state index in [4.69, 9.17) is 9.47 Å². The van der Waals surface area contributed by atoms with Gasteiger partial charge in [0, 0.05) is 19.6 Å². The minimum Gasteiger partial charge on any atom is -1.00 e. The Morgan fingerprint density at radius 1 is 1.22 bits per heavy atom. The number of hydrogen-bond donors (Lipinski definition) is 2. The van der Waals surface area contributed by atoms with Crippen molar-refractivity contribution in [1.29, 1.82) is 0 Å². The lowest BCUT2D eigenvalue weighted by Gasteiger charge is -2.34. The zero-order valence-electron chi connectivity index (χ0n) is 13.0. The Morgan fingerprint density at radius 2 is 1.87 bits per heavy atom. The van der Waals surface area contributed by atoms with Crippen LogP contribution in [0.3, 0.4) is 0 Å². The van der Waals surface area contributed by atoms with E-state index in [0.29, 0.717) is 13.2 Å². The first-order valence-electron chi connectivity index (χ1n) is 7.54.